The molecule has 0 radical (unpaired) electrons. The molecule has 2 saturated heterocycles. The highest BCUT2D eigenvalue weighted by molar-refractivity contribution is 6.07. The highest BCUT2D eigenvalue weighted by atomic mass is 16.2. The summed E-state index contributed by atoms with van der Waals surface area (Å²) in [7, 11) is 1.99. The van der Waals surface area contributed by atoms with E-state index in [1.807, 2.05) is 59.3 Å². The minimum atomic E-state index is 0.0581. The van der Waals surface area contributed by atoms with E-state index in [0.29, 0.717) is 19.1 Å². The topological polar surface area (TPSA) is 52.7 Å². The molecule has 2 fully saturated rings. The zero-order valence-corrected chi connectivity index (χ0v) is 16.6. The standard InChI is InChI=1S/C23H29N3O2/c1-24-19-11-15-25(16-12-19)22(27)18-9-13-26(14-10-18)23(28)21-8-4-6-17-5-2-3-7-20(17)21/h2-8,18-19,24H,9-16H2,1H3. The van der Waals surface area contributed by atoms with Crippen LogP contribution in [0.15, 0.2) is 42.5 Å². The number of nitrogens with one attached hydrogen (secondary N) is 1. The number of piperidine rings is 2. The monoisotopic (exact) mass is 379 g/mol. The molecule has 2 aliphatic rings. The van der Waals surface area contributed by atoms with Crippen molar-refractivity contribution in [3.8, 4) is 0 Å². The van der Waals surface area contributed by atoms with Gasteiger partial charge in [0, 0.05) is 43.7 Å². The second kappa shape index (κ2) is 8.31. The summed E-state index contributed by atoms with van der Waals surface area (Å²) in [5, 5.41) is 5.39. The van der Waals surface area contributed by atoms with E-state index in [1.54, 1.807) is 0 Å². The third kappa shape index (κ3) is 3.76. The van der Waals surface area contributed by atoms with Gasteiger partial charge in [0.1, 0.15) is 0 Å². The van der Waals surface area contributed by atoms with E-state index in [4.69, 9.17) is 0 Å². The van der Waals surface area contributed by atoms with Crippen molar-refractivity contribution in [1.82, 2.24) is 15.1 Å². The van der Waals surface area contributed by atoms with Crippen LogP contribution in [0.5, 0.6) is 0 Å². The van der Waals surface area contributed by atoms with E-state index in [2.05, 4.69) is 5.32 Å². The molecule has 1 N–H and O–H groups in total. The summed E-state index contributed by atoms with van der Waals surface area (Å²) in [6.45, 7) is 3.01. The fourth-order valence-electron chi connectivity index (χ4n) is 4.56. The molecule has 2 amide bonds. The van der Waals surface area contributed by atoms with Crippen LogP contribution in [0.25, 0.3) is 10.8 Å². The van der Waals surface area contributed by atoms with Gasteiger partial charge in [0.25, 0.3) is 5.91 Å². The summed E-state index contributed by atoms with van der Waals surface area (Å²) >= 11 is 0. The second-order valence-electron chi connectivity index (χ2n) is 7.98. The van der Waals surface area contributed by atoms with Crippen molar-refractivity contribution >= 4 is 22.6 Å². The molecule has 0 unspecified atom stereocenters. The Kier molecular flexibility index (Phi) is 5.62. The molecule has 5 nitrogen and oxygen atoms in total. The van der Waals surface area contributed by atoms with Crippen LogP contribution in [-0.4, -0.2) is 60.9 Å². The van der Waals surface area contributed by atoms with Crippen LogP contribution in [0.1, 0.15) is 36.0 Å². The Balaban J connectivity index is 1.37. The van der Waals surface area contributed by atoms with E-state index in [0.717, 1.165) is 55.1 Å². The van der Waals surface area contributed by atoms with Crippen LogP contribution in [-0.2, 0) is 4.79 Å². The molecule has 2 aliphatic heterocycles. The number of rotatable bonds is 3. The van der Waals surface area contributed by atoms with Crippen molar-refractivity contribution < 1.29 is 9.59 Å². The maximum Gasteiger partial charge on any atom is 0.254 e. The average molecular weight is 380 g/mol. The van der Waals surface area contributed by atoms with E-state index < -0.39 is 0 Å². The largest absolute Gasteiger partial charge is 0.342 e. The molecule has 0 aromatic heterocycles. The van der Waals surface area contributed by atoms with Gasteiger partial charge in [-0.05, 0) is 49.6 Å². The van der Waals surface area contributed by atoms with E-state index in [9.17, 15) is 9.59 Å². The lowest BCUT2D eigenvalue weighted by Gasteiger charge is -2.37. The third-order valence-corrected chi connectivity index (χ3v) is 6.37. The lowest BCUT2D eigenvalue weighted by molar-refractivity contribution is -0.138. The first-order valence-electron chi connectivity index (χ1n) is 10.4. The summed E-state index contributed by atoms with van der Waals surface area (Å²) < 4.78 is 0. The molecule has 2 aromatic rings. The number of carbonyl (C=O) groups excluding carboxylic acids is 2. The Morgan fingerprint density at radius 2 is 1.50 bits per heavy atom. The summed E-state index contributed by atoms with van der Waals surface area (Å²) in [6, 6.07) is 14.4. The Morgan fingerprint density at radius 1 is 0.857 bits per heavy atom. The first-order chi connectivity index (χ1) is 13.7. The minimum Gasteiger partial charge on any atom is -0.342 e. The number of benzene rings is 2. The Morgan fingerprint density at radius 3 is 2.21 bits per heavy atom. The number of nitrogens with zero attached hydrogens (tertiary/aromatic N) is 2. The van der Waals surface area contributed by atoms with Gasteiger partial charge in [0.2, 0.25) is 5.91 Å². The van der Waals surface area contributed by atoms with Crippen molar-refractivity contribution in [2.75, 3.05) is 33.2 Å². The number of likely N-dealkylation sites (tertiary alicyclic amines) is 2. The van der Waals surface area contributed by atoms with Crippen molar-refractivity contribution in [3.63, 3.8) is 0 Å². The van der Waals surface area contributed by atoms with Gasteiger partial charge >= 0.3 is 0 Å². The van der Waals surface area contributed by atoms with Gasteiger partial charge in [-0.2, -0.15) is 0 Å². The summed E-state index contributed by atoms with van der Waals surface area (Å²) in [5.41, 5.74) is 0.761. The Bertz CT molecular complexity index is 845. The van der Waals surface area contributed by atoms with Gasteiger partial charge in [-0.3, -0.25) is 9.59 Å². The molecular formula is C23H29N3O2. The molecule has 2 heterocycles. The first kappa shape index (κ1) is 18.9. The Hall–Kier alpha value is -2.40. The number of carbonyl (C=O) groups is 2. The maximum absolute atomic E-state index is 13.1. The number of fused-ring (bicyclic) bond motifs is 1. The molecule has 5 heteroatoms. The number of hydrogen-bond donors (Lipinski definition) is 1. The van der Waals surface area contributed by atoms with Crippen LogP contribution in [0, 0.1) is 5.92 Å². The zero-order chi connectivity index (χ0) is 19.5. The fraction of sp³-hybridized carbons (Fsp3) is 0.478. The van der Waals surface area contributed by atoms with Crippen molar-refractivity contribution in [2.45, 2.75) is 31.7 Å². The quantitative estimate of drug-likeness (QED) is 0.892. The summed E-state index contributed by atoms with van der Waals surface area (Å²) in [5.74, 6) is 0.423. The maximum atomic E-state index is 13.1. The molecule has 28 heavy (non-hydrogen) atoms. The van der Waals surface area contributed by atoms with Gasteiger partial charge < -0.3 is 15.1 Å². The molecule has 148 valence electrons. The molecular weight excluding hydrogens is 350 g/mol. The summed E-state index contributed by atoms with van der Waals surface area (Å²) in [6.07, 6.45) is 3.59. The van der Waals surface area contributed by atoms with Gasteiger partial charge in [-0.25, -0.2) is 0 Å². The average Bonchev–Trinajstić information content (AvgIpc) is 2.78. The fourth-order valence-corrected chi connectivity index (χ4v) is 4.56. The SMILES string of the molecule is CNC1CCN(C(=O)C2CCN(C(=O)c3cccc4ccccc34)CC2)CC1. The molecule has 2 aromatic carbocycles. The molecule has 0 bridgehead atoms. The Labute approximate surface area is 166 Å². The summed E-state index contributed by atoms with van der Waals surface area (Å²) in [4.78, 5) is 29.9. The molecule has 0 atom stereocenters. The lowest BCUT2D eigenvalue weighted by Crippen LogP contribution is -2.48. The first-order valence-corrected chi connectivity index (χ1v) is 10.4. The van der Waals surface area contributed by atoms with Crippen LogP contribution in [0.3, 0.4) is 0 Å². The zero-order valence-electron chi connectivity index (χ0n) is 16.6. The molecule has 0 spiro atoms. The minimum absolute atomic E-state index is 0.0581. The van der Waals surface area contributed by atoms with Gasteiger partial charge in [-0.15, -0.1) is 0 Å². The van der Waals surface area contributed by atoms with Gasteiger partial charge in [0.05, 0.1) is 0 Å². The smallest absolute Gasteiger partial charge is 0.254 e. The predicted octanol–water partition coefficient (Wildman–Crippen LogP) is 2.90. The lowest BCUT2D eigenvalue weighted by atomic mass is 9.93. The second-order valence-corrected chi connectivity index (χ2v) is 7.98. The van der Waals surface area contributed by atoms with Crippen LogP contribution >= 0.6 is 0 Å². The highest BCUT2D eigenvalue weighted by Crippen LogP contribution is 2.25. The van der Waals surface area contributed by atoms with Gasteiger partial charge in [0.15, 0.2) is 0 Å². The molecule has 4 rings (SSSR count). The van der Waals surface area contributed by atoms with Crippen molar-refractivity contribution in [1.29, 1.82) is 0 Å². The highest BCUT2D eigenvalue weighted by Gasteiger charge is 2.32. The van der Waals surface area contributed by atoms with E-state index in [-0.39, 0.29) is 17.7 Å². The van der Waals surface area contributed by atoms with Crippen molar-refractivity contribution in [3.05, 3.63) is 48.0 Å². The van der Waals surface area contributed by atoms with E-state index in [1.165, 1.54) is 0 Å². The molecule has 0 aliphatic carbocycles. The van der Waals surface area contributed by atoms with E-state index >= 15 is 0 Å². The number of amides is 2. The normalized spacial score (nSPS) is 19.2. The van der Waals surface area contributed by atoms with Crippen LogP contribution < -0.4 is 5.32 Å². The molecule has 0 saturated carbocycles. The number of hydrogen-bond acceptors (Lipinski definition) is 3. The van der Waals surface area contributed by atoms with Crippen LogP contribution in [0.4, 0.5) is 0 Å². The van der Waals surface area contributed by atoms with Crippen molar-refractivity contribution in [2.24, 2.45) is 5.92 Å². The predicted molar refractivity (Wildman–Crippen MR) is 111 cm³/mol. The van der Waals surface area contributed by atoms with Crippen LogP contribution in [0.2, 0.25) is 0 Å². The third-order valence-electron chi connectivity index (χ3n) is 6.37. The van der Waals surface area contributed by atoms with Gasteiger partial charge in [-0.1, -0.05) is 36.4 Å².